The van der Waals surface area contributed by atoms with E-state index in [0.29, 0.717) is 22.5 Å². The summed E-state index contributed by atoms with van der Waals surface area (Å²) in [6, 6.07) is 19.8. The number of benzene rings is 2. The van der Waals surface area contributed by atoms with Gasteiger partial charge < -0.3 is 5.32 Å². The second-order valence-electron chi connectivity index (χ2n) is 7.59. The molecule has 2 aromatic heterocycles. The fourth-order valence-electron chi connectivity index (χ4n) is 3.33. The summed E-state index contributed by atoms with van der Waals surface area (Å²) in [6.45, 7) is 4.20. The topological polar surface area (TPSA) is 93.8 Å². The third-order valence-electron chi connectivity index (χ3n) is 5.02. The van der Waals surface area contributed by atoms with Crippen molar-refractivity contribution in [3.8, 4) is 11.3 Å². The summed E-state index contributed by atoms with van der Waals surface area (Å²) in [5, 5.41) is 2.71. The Hall–Kier alpha value is -3.71. The van der Waals surface area contributed by atoms with Gasteiger partial charge in [-0.3, -0.25) is 10.5 Å². The molecule has 0 saturated carbocycles. The van der Waals surface area contributed by atoms with Crippen LogP contribution in [0.5, 0.6) is 0 Å². The van der Waals surface area contributed by atoms with E-state index in [1.54, 1.807) is 36.4 Å². The Labute approximate surface area is 179 Å². The highest BCUT2D eigenvalue weighted by atomic mass is 19.1. The molecule has 0 saturated heterocycles. The monoisotopic (exact) mass is 415 g/mol. The first kappa shape index (κ1) is 20.6. The van der Waals surface area contributed by atoms with Crippen molar-refractivity contribution in [1.29, 1.82) is 0 Å². The number of fused-ring (bicyclic) bond motifs is 1. The predicted octanol–water partition coefficient (Wildman–Crippen LogP) is 4.28. The molecule has 0 fully saturated rings. The van der Waals surface area contributed by atoms with Gasteiger partial charge in [-0.2, -0.15) is 4.39 Å². The van der Waals surface area contributed by atoms with Gasteiger partial charge in [0.2, 0.25) is 0 Å². The Bertz CT molecular complexity index is 1250. The smallest absolute Gasteiger partial charge is 0.279 e. The fourth-order valence-corrected chi connectivity index (χ4v) is 3.33. The molecule has 0 aliphatic carbocycles. The highest BCUT2D eigenvalue weighted by molar-refractivity contribution is 6.04. The van der Waals surface area contributed by atoms with Crippen LogP contribution >= 0.6 is 0 Å². The number of amides is 1. The normalized spacial score (nSPS) is 13.2. The molecule has 3 N–H and O–H groups in total. The molecule has 156 valence electrons. The maximum Gasteiger partial charge on any atom is 0.279 e. The average molecular weight is 415 g/mol. The van der Waals surface area contributed by atoms with Crippen LogP contribution in [0.1, 0.15) is 41.5 Å². The van der Waals surface area contributed by atoms with E-state index in [0.717, 1.165) is 11.1 Å². The molecule has 6 nitrogen and oxygen atoms in total. The van der Waals surface area contributed by atoms with Crippen molar-refractivity contribution >= 4 is 16.8 Å². The Morgan fingerprint density at radius 2 is 1.81 bits per heavy atom. The van der Waals surface area contributed by atoms with Gasteiger partial charge in [0, 0.05) is 10.9 Å². The third-order valence-corrected chi connectivity index (χ3v) is 5.02. The van der Waals surface area contributed by atoms with Gasteiger partial charge in [0.1, 0.15) is 17.7 Å². The summed E-state index contributed by atoms with van der Waals surface area (Å²) in [6.07, 6.45) is 1.26. The molecular weight excluding hydrogens is 393 g/mol. The van der Waals surface area contributed by atoms with Crippen LogP contribution in [0.2, 0.25) is 0 Å². The molecule has 4 rings (SSSR count). The summed E-state index contributed by atoms with van der Waals surface area (Å²) in [7, 11) is 0. The van der Waals surface area contributed by atoms with Crippen LogP contribution in [0.25, 0.3) is 22.2 Å². The van der Waals surface area contributed by atoms with Crippen LogP contribution in [0, 0.1) is 0 Å². The molecule has 7 heteroatoms. The molecule has 0 aliphatic rings. The van der Waals surface area contributed by atoms with Gasteiger partial charge in [0.05, 0.1) is 11.2 Å². The second-order valence-corrected chi connectivity index (χ2v) is 7.59. The Balaban J connectivity index is 1.64. The number of pyridine rings is 1. The first-order chi connectivity index (χ1) is 14.8. The lowest BCUT2D eigenvalue weighted by Crippen LogP contribution is -2.50. The van der Waals surface area contributed by atoms with E-state index in [2.05, 4.69) is 34.1 Å². The van der Waals surface area contributed by atoms with Crippen LogP contribution in [0.3, 0.4) is 0 Å². The number of nitrogens with zero attached hydrogens (tertiary/aromatic N) is 3. The van der Waals surface area contributed by atoms with Gasteiger partial charge in [-0.1, -0.05) is 56.3 Å². The summed E-state index contributed by atoms with van der Waals surface area (Å²) < 4.78 is 15.4. The molecule has 2 heterocycles. The van der Waals surface area contributed by atoms with Crippen molar-refractivity contribution in [3.63, 3.8) is 0 Å². The summed E-state index contributed by atoms with van der Waals surface area (Å²) >= 11 is 0. The van der Waals surface area contributed by atoms with Crippen LogP contribution in [0.15, 0.2) is 73.1 Å². The maximum absolute atomic E-state index is 15.4. The Kier molecular flexibility index (Phi) is 5.44. The van der Waals surface area contributed by atoms with Gasteiger partial charge in [0.25, 0.3) is 11.8 Å². The van der Waals surface area contributed by atoms with E-state index >= 15 is 4.39 Å². The minimum atomic E-state index is -2.69. The number of nitrogens with two attached hydrogens (primary N) is 1. The van der Waals surface area contributed by atoms with Crippen molar-refractivity contribution in [3.05, 3.63) is 90.0 Å². The molecule has 1 unspecified atom stereocenters. The van der Waals surface area contributed by atoms with Gasteiger partial charge in [0.15, 0.2) is 0 Å². The quantitative estimate of drug-likeness (QED) is 0.375. The summed E-state index contributed by atoms with van der Waals surface area (Å²) in [4.78, 5) is 25.3. The minimum Gasteiger partial charge on any atom is -0.301 e. The molecule has 1 atom stereocenters. The van der Waals surface area contributed by atoms with Crippen molar-refractivity contribution in [1.82, 2.24) is 20.3 Å². The summed E-state index contributed by atoms with van der Waals surface area (Å²) in [5.41, 5.74) is 8.91. The number of nitrogens with one attached hydrogen (secondary N) is 1. The zero-order valence-electron chi connectivity index (χ0n) is 17.2. The number of para-hydroxylation sites is 1. The Morgan fingerprint density at radius 3 is 2.61 bits per heavy atom. The molecule has 1 amide bonds. The number of carbonyl (C=O) groups is 1. The highest BCUT2D eigenvalue weighted by Crippen LogP contribution is 2.25. The molecule has 0 radical (unpaired) electrons. The van der Waals surface area contributed by atoms with Crippen LogP contribution < -0.4 is 11.1 Å². The first-order valence-electron chi connectivity index (χ1n) is 9.93. The zero-order valence-corrected chi connectivity index (χ0v) is 17.2. The maximum atomic E-state index is 15.4. The number of halogens is 1. The van der Waals surface area contributed by atoms with Crippen LogP contribution in [-0.2, 0) is 5.92 Å². The predicted molar refractivity (Wildman–Crippen MR) is 118 cm³/mol. The lowest BCUT2D eigenvalue weighted by molar-refractivity contribution is 0.0698. The largest absolute Gasteiger partial charge is 0.301 e. The third kappa shape index (κ3) is 4.27. The van der Waals surface area contributed by atoms with Crippen LogP contribution in [0.4, 0.5) is 4.39 Å². The average Bonchev–Trinajstić information content (AvgIpc) is 2.78. The molecular formula is C24H22FN5O. The number of aromatic nitrogens is 3. The molecule has 0 bridgehead atoms. The van der Waals surface area contributed by atoms with Gasteiger partial charge in [-0.25, -0.2) is 15.0 Å². The van der Waals surface area contributed by atoms with Crippen molar-refractivity contribution in [2.45, 2.75) is 25.7 Å². The number of carbonyl (C=O) groups excluding carboxylic acids is 1. The molecule has 0 spiro atoms. The van der Waals surface area contributed by atoms with Crippen LogP contribution in [-0.4, -0.2) is 20.9 Å². The highest BCUT2D eigenvalue weighted by Gasteiger charge is 2.32. The molecule has 0 aliphatic heterocycles. The Morgan fingerprint density at radius 1 is 1.03 bits per heavy atom. The second kappa shape index (κ2) is 8.20. The van der Waals surface area contributed by atoms with E-state index in [1.807, 2.05) is 24.3 Å². The standard InChI is InChI=1S/C24H22FN5O/c1-15(2)16-7-5-8-17(13-16)19-11-6-12-21(29-19)24(25,26)30-23(31)22-18-9-3-4-10-20(18)27-14-28-22/h3-15H,26H2,1-2H3,(H,30,31). The molecule has 4 aromatic rings. The number of hydrogen-bond acceptors (Lipinski definition) is 5. The fraction of sp³-hybridized carbons (Fsp3) is 0.167. The minimum absolute atomic E-state index is 0.0406. The van der Waals surface area contributed by atoms with E-state index in [9.17, 15) is 4.79 Å². The summed E-state index contributed by atoms with van der Waals surface area (Å²) in [5.74, 6) is -3.09. The zero-order chi connectivity index (χ0) is 22.0. The molecule has 31 heavy (non-hydrogen) atoms. The van der Waals surface area contributed by atoms with E-state index < -0.39 is 11.8 Å². The lowest BCUT2D eigenvalue weighted by Gasteiger charge is -2.22. The van der Waals surface area contributed by atoms with Gasteiger partial charge in [-0.05, 0) is 35.7 Å². The number of alkyl halides is 1. The lowest BCUT2D eigenvalue weighted by atomic mass is 9.99. The number of hydrogen-bond donors (Lipinski definition) is 2. The van der Waals surface area contributed by atoms with Crippen molar-refractivity contribution in [2.24, 2.45) is 5.73 Å². The molecule has 2 aromatic carbocycles. The van der Waals surface area contributed by atoms with Gasteiger partial charge >= 0.3 is 0 Å². The SMILES string of the molecule is CC(C)c1cccc(-c2cccc(C(N)(F)NC(=O)c3ncnc4ccccc34)n2)c1. The van der Waals surface area contributed by atoms with Crippen molar-refractivity contribution in [2.75, 3.05) is 0 Å². The first-order valence-corrected chi connectivity index (χ1v) is 9.93. The van der Waals surface area contributed by atoms with Crippen molar-refractivity contribution < 1.29 is 9.18 Å². The van der Waals surface area contributed by atoms with Gasteiger partial charge in [-0.15, -0.1) is 0 Å². The number of rotatable bonds is 5. The van der Waals surface area contributed by atoms with E-state index in [1.165, 1.54) is 12.4 Å². The van der Waals surface area contributed by atoms with E-state index in [-0.39, 0.29) is 11.4 Å². The van der Waals surface area contributed by atoms with E-state index in [4.69, 9.17) is 5.73 Å².